The summed E-state index contributed by atoms with van der Waals surface area (Å²) in [5.74, 6) is 0.832. The van der Waals surface area contributed by atoms with Crippen LogP contribution in [0.5, 0.6) is 5.75 Å². The third kappa shape index (κ3) is 4.86. The van der Waals surface area contributed by atoms with Crippen molar-refractivity contribution in [3.05, 3.63) is 53.1 Å². The highest BCUT2D eigenvalue weighted by Gasteiger charge is 2.43. The molecule has 1 amide bonds. The molecule has 2 fully saturated rings. The van der Waals surface area contributed by atoms with Crippen molar-refractivity contribution in [3.63, 3.8) is 0 Å². The molecule has 30 heavy (non-hydrogen) atoms. The van der Waals surface area contributed by atoms with Crippen LogP contribution in [-0.4, -0.2) is 18.1 Å². The lowest BCUT2D eigenvalue weighted by atomic mass is 10.0. The number of ether oxygens (including phenoxy) is 1. The maximum absolute atomic E-state index is 13.1. The maximum atomic E-state index is 13.1. The van der Waals surface area contributed by atoms with Crippen LogP contribution in [0.15, 0.2) is 42.0 Å². The molecule has 0 heterocycles. The van der Waals surface area contributed by atoms with E-state index >= 15 is 0 Å². The molecule has 0 aromatic heterocycles. The highest BCUT2D eigenvalue weighted by Crippen LogP contribution is 2.45. The van der Waals surface area contributed by atoms with Crippen molar-refractivity contribution in [3.8, 4) is 11.8 Å². The highest BCUT2D eigenvalue weighted by atomic mass is 19.4. The number of hydrogen-bond donors (Lipinski definition) is 1. The quantitative estimate of drug-likeness (QED) is 0.531. The summed E-state index contributed by atoms with van der Waals surface area (Å²) in [4.78, 5) is 12.3. The molecule has 0 aliphatic heterocycles. The third-order valence-electron chi connectivity index (χ3n) is 5.95. The van der Waals surface area contributed by atoms with Crippen LogP contribution in [0.25, 0.3) is 0 Å². The molecular formula is C23H25F3N2O2. The normalized spacial score (nSPS) is 26.5. The molecule has 1 aromatic carbocycles. The number of alkyl halides is 3. The van der Waals surface area contributed by atoms with Gasteiger partial charge in [0.05, 0.1) is 23.3 Å². The number of nitrogens with one attached hydrogen (secondary N) is 1. The van der Waals surface area contributed by atoms with Crippen LogP contribution in [0.2, 0.25) is 0 Å². The van der Waals surface area contributed by atoms with Crippen LogP contribution in [0, 0.1) is 23.2 Å². The van der Waals surface area contributed by atoms with E-state index in [1.54, 1.807) is 18.2 Å². The molecule has 0 spiro atoms. The Balaban J connectivity index is 1.58. The van der Waals surface area contributed by atoms with Gasteiger partial charge in [0, 0.05) is 11.6 Å². The molecule has 160 valence electrons. The zero-order valence-corrected chi connectivity index (χ0v) is 17.0. The number of amides is 1. The van der Waals surface area contributed by atoms with Crippen LogP contribution in [-0.2, 0) is 11.0 Å². The Morgan fingerprint density at radius 2 is 1.87 bits per heavy atom. The minimum atomic E-state index is -4.60. The average Bonchev–Trinajstić information content (AvgIpc) is 3.22. The van der Waals surface area contributed by atoms with E-state index in [1.165, 1.54) is 6.07 Å². The predicted octanol–water partition coefficient (Wildman–Crippen LogP) is 5.15. The van der Waals surface area contributed by atoms with Gasteiger partial charge in [0.1, 0.15) is 5.75 Å². The predicted molar refractivity (Wildman–Crippen MR) is 107 cm³/mol. The molecule has 0 saturated heterocycles. The van der Waals surface area contributed by atoms with Crippen LogP contribution in [0.3, 0.4) is 0 Å². The second-order valence-electron chi connectivity index (χ2n) is 7.93. The number of nitrogens with zero attached hydrogens (tertiary/aromatic N) is 1. The lowest BCUT2D eigenvalue weighted by Crippen LogP contribution is -2.34. The monoisotopic (exact) mass is 418 g/mol. The second-order valence-corrected chi connectivity index (χ2v) is 7.93. The van der Waals surface area contributed by atoms with E-state index in [1.807, 2.05) is 19.9 Å². The molecule has 3 rings (SSSR count). The lowest BCUT2D eigenvalue weighted by molar-refractivity contribution is -0.138. The van der Waals surface area contributed by atoms with Gasteiger partial charge in [0.2, 0.25) is 0 Å². The maximum Gasteiger partial charge on any atom is 0.417 e. The minimum absolute atomic E-state index is 0.0781. The summed E-state index contributed by atoms with van der Waals surface area (Å²) >= 11 is 0. The Morgan fingerprint density at radius 3 is 2.40 bits per heavy atom. The molecular weight excluding hydrogens is 393 g/mol. The SMILES string of the molecule is C/C=C\C(=C/C)C(=O)NC1CC2CC(Oc3ccc(C#N)c(C(F)(F)F)c3)CC2C1. The van der Waals surface area contributed by atoms with Crippen molar-refractivity contribution in [2.75, 3.05) is 0 Å². The molecule has 1 aromatic rings. The van der Waals surface area contributed by atoms with E-state index in [-0.39, 0.29) is 23.8 Å². The van der Waals surface area contributed by atoms with E-state index < -0.39 is 17.3 Å². The standard InChI is InChI=1S/C23H25F3N2O2/c1-3-5-14(4-2)22(29)28-18-8-16-10-20(11-17(16)9-18)30-19-7-6-15(13-27)21(12-19)23(24,25)26/h3-7,12,16-18,20H,8-11H2,1-2H3,(H,28,29)/b5-3-,14-4+. The summed E-state index contributed by atoms with van der Waals surface area (Å²) in [5, 5.41) is 12.0. The first-order chi connectivity index (χ1) is 14.2. The minimum Gasteiger partial charge on any atom is -0.490 e. The molecule has 0 radical (unpaired) electrons. The summed E-state index contributed by atoms with van der Waals surface area (Å²) in [6.07, 6.45) is 3.85. The number of fused-ring (bicyclic) bond motifs is 1. The molecule has 7 heteroatoms. The van der Waals surface area contributed by atoms with Gasteiger partial charge in [-0.1, -0.05) is 18.2 Å². The number of hydrogen-bond acceptors (Lipinski definition) is 3. The van der Waals surface area contributed by atoms with Gasteiger partial charge in [-0.3, -0.25) is 4.79 Å². The van der Waals surface area contributed by atoms with E-state index in [4.69, 9.17) is 10.00 Å². The molecule has 2 unspecified atom stereocenters. The van der Waals surface area contributed by atoms with Gasteiger partial charge in [0.25, 0.3) is 5.91 Å². The van der Waals surface area contributed by atoms with Crippen LogP contribution in [0.4, 0.5) is 13.2 Å². The first-order valence-corrected chi connectivity index (χ1v) is 10.1. The third-order valence-corrected chi connectivity index (χ3v) is 5.95. The van der Waals surface area contributed by atoms with Gasteiger partial charge < -0.3 is 10.1 Å². The topological polar surface area (TPSA) is 62.1 Å². The van der Waals surface area contributed by atoms with E-state index in [2.05, 4.69) is 5.32 Å². The van der Waals surface area contributed by atoms with Gasteiger partial charge in [-0.15, -0.1) is 0 Å². The van der Waals surface area contributed by atoms with Crippen molar-refractivity contribution in [2.24, 2.45) is 11.8 Å². The first-order valence-electron chi connectivity index (χ1n) is 10.1. The smallest absolute Gasteiger partial charge is 0.417 e. The molecule has 2 aliphatic carbocycles. The van der Waals surface area contributed by atoms with Gasteiger partial charge in [-0.05, 0) is 69.6 Å². The highest BCUT2D eigenvalue weighted by molar-refractivity contribution is 5.96. The Hall–Kier alpha value is -2.75. The Labute approximate surface area is 174 Å². The van der Waals surface area contributed by atoms with Crippen LogP contribution >= 0.6 is 0 Å². The van der Waals surface area contributed by atoms with Crippen LogP contribution < -0.4 is 10.1 Å². The van der Waals surface area contributed by atoms with Crippen molar-refractivity contribution in [1.29, 1.82) is 5.26 Å². The van der Waals surface area contributed by atoms with Crippen molar-refractivity contribution in [1.82, 2.24) is 5.32 Å². The summed E-state index contributed by atoms with van der Waals surface area (Å²) < 4.78 is 45.3. The van der Waals surface area contributed by atoms with Crippen molar-refractivity contribution < 1.29 is 22.7 Å². The Morgan fingerprint density at radius 1 is 1.20 bits per heavy atom. The molecule has 2 saturated carbocycles. The molecule has 1 N–H and O–H groups in total. The average molecular weight is 418 g/mol. The van der Waals surface area contributed by atoms with Crippen LogP contribution in [0.1, 0.15) is 50.7 Å². The first kappa shape index (κ1) is 21.9. The number of rotatable bonds is 5. The summed E-state index contributed by atoms with van der Waals surface area (Å²) in [7, 11) is 0. The molecule has 2 atom stereocenters. The van der Waals surface area contributed by atoms with Crippen molar-refractivity contribution >= 4 is 5.91 Å². The van der Waals surface area contributed by atoms with E-state index in [0.717, 1.165) is 37.8 Å². The lowest BCUT2D eigenvalue weighted by Gasteiger charge is -2.19. The largest absolute Gasteiger partial charge is 0.490 e. The Kier molecular flexibility index (Phi) is 6.55. The number of nitriles is 1. The summed E-state index contributed by atoms with van der Waals surface area (Å²) in [6.45, 7) is 3.69. The molecule has 0 bridgehead atoms. The fourth-order valence-electron chi connectivity index (χ4n) is 4.65. The second kappa shape index (κ2) is 8.95. The summed E-state index contributed by atoms with van der Waals surface area (Å²) in [5.41, 5.74) is -0.739. The summed E-state index contributed by atoms with van der Waals surface area (Å²) in [6, 6.07) is 5.18. The van der Waals surface area contributed by atoms with E-state index in [9.17, 15) is 18.0 Å². The van der Waals surface area contributed by atoms with E-state index in [0.29, 0.717) is 17.4 Å². The van der Waals surface area contributed by atoms with Gasteiger partial charge in [-0.2, -0.15) is 18.4 Å². The zero-order valence-electron chi connectivity index (χ0n) is 17.0. The van der Waals surface area contributed by atoms with Gasteiger partial charge in [-0.25, -0.2) is 0 Å². The van der Waals surface area contributed by atoms with Crippen molar-refractivity contribution in [2.45, 2.75) is 57.9 Å². The zero-order chi connectivity index (χ0) is 21.9. The number of carbonyl (C=O) groups excluding carboxylic acids is 1. The van der Waals surface area contributed by atoms with Gasteiger partial charge in [0.15, 0.2) is 0 Å². The number of benzene rings is 1. The number of halogens is 3. The Bertz CT molecular complexity index is 885. The molecule has 4 nitrogen and oxygen atoms in total. The molecule has 2 aliphatic rings. The number of carbonyl (C=O) groups is 1. The fourth-order valence-corrected chi connectivity index (χ4v) is 4.65. The fraction of sp³-hybridized carbons (Fsp3) is 0.478. The van der Waals surface area contributed by atoms with Gasteiger partial charge >= 0.3 is 6.18 Å². The number of allylic oxidation sites excluding steroid dienone is 2.